The first-order valence-corrected chi connectivity index (χ1v) is 6.89. The molecule has 0 radical (unpaired) electrons. The fourth-order valence-corrected chi connectivity index (χ4v) is 2.26. The van der Waals surface area contributed by atoms with Crippen LogP contribution in [0.5, 0.6) is 5.75 Å². The molecule has 0 aliphatic rings. The van der Waals surface area contributed by atoms with E-state index in [1.165, 1.54) is 24.3 Å². The Kier molecular flexibility index (Phi) is 4.50. The van der Waals surface area contributed by atoms with Gasteiger partial charge in [0, 0.05) is 4.47 Å². The van der Waals surface area contributed by atoms with Crippen molar-refractivity contribution in [1.29, 1.82) is 0 Å². The number of benzene rings is 2. The number of anilines is 1. The van der Waals surface area contributed by atoms with Crippen molar-refractivity contribution < 1.29 is 19.8 Å². The van der Waals surface area contributed by atoms with Crippen LogP contribution in [0.25, 0.3) is 0 Å². The van der Waals surface area contributed by atoms with E-state index < -0.39 is 17.6 Å². The van der Waals surface area contributed by atoms with Crippen molar-refractivity contribution in [3.8, 4) is 5.75 Å². The summed E-state index contributed by atoms with van der Waals surface area (Å²) in [5.41, 5.74) is -0.102. The zero-order valence-electron chi connectivity index (χ0n) is 10.4. The normalized spacial score (nSPS) is 10.2. The lowest BCUT2D eigenvalue weighted by atomic mass is 10.1. The Hall–Kier alpha value is -2.05. The van der Waals surface area contributed by atoms with E-state index in [-0.39, 0.29) is 21.8 Å². The van der Waals surface area contributed by atoms with Crippen molar-refractivity contribution >= 4 is 45.1 Å². The monoisotopic (exact) mass is 369 g/mol. The predicted molar refractivity (Wildman–Crippen MR) is 82.2 cm³/mol. The van der Waals surface area contributed by atoms with Crippen LogP contribution in [0.4, 0.5) is 5.69 Å². The van der Waals surface area contributed by atoms with Gasteiger partial charge in [-0.1, -0.05) is 23.7 Å². The smallest absolute Gasteiger partial charge is 0.339 e. The second-order valence-corrected chi connectivity index (χ2v) is 5.29. The molecule has 1 amide bonds. The number of nitrogens with one attached hydrogen (secondary N) is 1. The number of carboxylic acid groups (broad SMARTS) is 1. The highest BCUT2D eigenvalue weighted by Crippen LogP contribution is 2.30. The minimum absolute atomic E-state index is 0.00376. The molecule has 2 rings (SSSR count). The van der Waals surface area contributed by atoms with Gasteiger partial charge in [0.25, 0.3) is 5.91 Å². The minimum atomic E-state index is -1.29. The van der Waals surface area contributed by atoms with Gasteiger partial charge in [-0.05, 0) is 40.2 Å². The van der Waals surface area contributed by atoms with Gasteiger partial charge in [-0.2, -0.15) is 0 Å². The number of carbonyl (C=O) groups excluding carboxylic acids is 1. The average Bonchev–Trinajstić information content (AvgIpc) is 2.43. The van der Waals surface area contributed by atoms with Gasteiger partial charge < -0.3 is 15.5 Å². The first-order valence-electron chi connectivity index (χ1n) is 5.72. The quantitative estimate of drug-likeness (QED) is 0.718. The molecule has 2 aromatic rings. The molecule has 0 atom stereocenters. The molecular weight excluding hydrogens is 362 g/mol. The van der Waals surface area contributed by atoms with Gasteiger partial charge in [-0.15, -0.1) is 0 Å². The first-order chi connectivity index (χ1) is 9.91. The summed E-state index contributed by atoms with van der Waals surface area (Å²) in [7, 11) is 0. The Labute approximate surface area is 133 Å². The lowest BCUT2D eigenvalue weighted by molar-refractivity contribution is 0.0693. The van der Waals surface area contributed by atoms with Crippen LogP contribution in [-0.4, -0.2) is 22.1 Å². The lowest BCUT2D eigenvalue weighted by Crippen LogP contribution is -2.13. The molecule has 0 aliphatic heterocycles. The second kappa shape index (κ2) is 6.15. The van der Waals surface area contributed by atoms with Crippen LogP contribution in [0.15, 0.2) is 40.9 Å². The van der Waals surface area contributed by atoms with Gasteiger partial charge in [0.05, 0.1) is 16.3 Å². The maximum Gasteiger partial charge on any atom is 0.339 e. The number of carbonyl (C=O) groups is 2. The molecule has 0 aliphatic carbocycles. The summed E-state index contributed by atoms with van der Waals surface area (Å²) < 4.78 is 0.556. The van der Waals surface area contributed by atoms with Gasteiger partial charge in [-0.3, -0.25) is 4.79 Å². The van der Waals surface area contributed by atoms with Gasteiger partial charge in [0.2, 0.25) is 0 Å². The summed E-state index contributed by atoms with van der Waals surface area (Å²) in [6.07, 6.45) is 0. The number of amides is 1. The van der Waals surface area contributed by atoms with E-state index in [1.54, 1.807) is 12.1 Å². The number of aromatic carboxylic acids is 1. The van der Waals surface area contributed by atoms with Gasteiger partial charge in [-0.25, -0.2) is 4.79 Å². The summed E-state index contributed by atoms with van der Waals surface area (Å²) in [5, 5.41) is 21.4. The topological polar surface area (TPSA) is 86.6 Å². The van der Waals surface area contributed by atoms with Crippen LogP contribution in [0, 0.1) is 0 Å². The lowest BCUT2D eigenvalue weighted by Gasteiger charge is -2.10. The SMILES string of the molecule is O=C(O)c1cccc(NC(=O)c2cccc(Br)c2Cl)c1O. The van der Waals surface area contributed by atoms with E-state index in [0.29, 0.717) is 4.47 Å². The fourth-order valence-electron chi connectivity index (χ4n) is 1.69. The van der Waals surface area contributed by atoms with Crippen LogP contribution >= 0.6 is 27.5 Å². The van der Waals surface area contributed by atoms with Gasteiger partial charge >= 0.3 is 5.97 Å². The van der Waals surface area contributed by atoms with E-state index in [1.807, 2.05) is 0 Å². The van der Waals surface area contributed by atoms with Crippen molar-refractivity contribution in [3.63, 3.8) is 0 Å². The molecule has 0 bridgehead atoms. The molecule has 0 fully saturated rings. The van der Waals surface area contributed by atoms with Gasteiger partial charge in [0.15, 0.2) is 5.75 Å². The van der Waals surface area contributed by atoms with Crippen LogP contribution in [-0.2, 0) is 0 Å². The molecule has 5 nitrogen and oxygen atoms in total. The maximum atomic E-state index is 12.1. The van der Waals surface area contributed by atoms with E-state index in [9.17, 15) is 14.7 Å². The van der Waals surface area contributed by atoms with Gasteiger partial charge in [0.1, 0.15) is 5.56 Å². The Morgan fingerprint density at radius 1 is 1.10 bits per heavy atom. The van der Waals surface area contributed by atoms with E-state index in [2.05, 4.69) is 21.2 Å². The first kappa shape index (κ1) is 15.3. The Morgan fingerprint density at radius 3 is 2.38 bits per heavy atom. The Balaban J connectivity index is 2.34. The molecule has 0 aromatic heterocycles. The number of aromatic hydroxyl groups is 1. The predicted octanol–water partition coefficient (Wildman–Crippen LogP) is 3.76. The van der Waals surface area contributed by atoms with Crippen molar-refractivity contribution in [1.82, 2.24) is 0 Å². The van der Waals surface area contributed by atoms with E-state index in [4.69, 9.17) is 16.7 Å². The molecule has 0 spiro atoms. The number of para-hydroxylation sites is 1. The van der Waals surface area contributed by atoms with Crippen LogP contribution in [0.1, 0.15) is 20.7 Å². The highest BCUT2D eigenvalue weighted by atomic mass is 79.9. The molecule has 3 N–H and O–H groups in total. The summed E-state index contributed by atoms with van der Waals surface area (Å²) in [4.78, 5) is 23.1. The standard InChI is InChI=1S/C14H9BrClNO4/c15-9-5-1-3-7(11(9)16)13(19)17-10-6-2-4-8(12(10)18)14(20)21/h1-6,18H,(H,17,19)(H,20,21). The minimum Gasteiger partial charge on any atom is -0.505 e. The third-order valence-electron chi connectivity index (χ3n) is 2.71. The summed E-state index contributed by atoms with van der Waals surface area (Å²) in [6.45, 7) is 0. The molecule has 7 heteroatoms. The highest BCUT2D eigenvalue weighted by Gasteiger charge is 2.17. The largest absolute Gasteiger partial charge is 0.505 e. The Morgan fingerprint density at radius 2 is 1.71 bits per heavy atom. The molecule has 0 heterocycles. The van der Waals surface area contributed by atoms with E-state index in [0.717, 1.165) is 0 Å². The van der Waals surface area contributed by atoms with E-state index >= 15 is 0 Å². The number of hydrogen-bond donors (Lipinski definition) is 3. The van der Waals surface area contributed by atoms with Crippen LogP contribution in [0.2, 0.25) is 5.02 Å². The number of hydrogen-bond acceptors (Lipinski definition) is 3. The van der Waals surface area contributed by atoms with Crippen molar-refractivity contribution in [2.75, 3.05) is 5.32 Å². The summed E-state index contributed by atoms with van der Waals surface area (Å²) >= 11 is 9.22. The average molecular weight is 371 g/mol. The van der Waals surface area contributed by atoms with Crippen LogP contribution in [0.3, 0.4) is 0 Å². The van der Waals surface area contributed by atoms with Crippen LogP contribution < -0.4 is 5.32 Å². The zero-order chi connectivity index (χ0) is 15.6. The zero-order valence-corrected chi connectivity index (χ0v) is 12.8. The molecule has 108 valence electrons. The third kappa shape index (κ3) is 3.17. The number of carboxylic acids is 1. The second-order valence-electron chi connectivity index (χ2n) is 4.06. The highest BCUT2D eigenvalue weighted by molar-refractivity contribution is 9.10. The molecule has 0 saturated heterocycles. The summed E-state index contributed by atoms with van der Waals surface area (Å²) in [5.74, 6) is -2.35. The summed E-state index contributed by atoms with van der Waals surface area (Å²) in [6, 6.07) is 8.88. The van der Waals surface area contributed by atoms with Crippen molar-refractivity contribution in [2.45, 2.75) is 0 Å². The number of rotatable bonds is 3. The third-order valence-corrected chi connectivity index (χ3v) is 4.01. The number of halogens is 2. The van der Waals surface area contributed by atoms with Crippen molar-refractivity contribution in [2.24, 2.45) is 0 Å². The molecule has 21 heavy (non-hydrogen) atoms. The fraction of sp³-hybridized carbons (Fsp3) is 0. The molecule has 2 aromatic carbocycles. The molecule has 0 saturated carbocycles. The Bertz CT molecular complexity index is 733. The number of phenols is 1. The van der Waals surface area contributed by atoms with Crippen molar-refractivity contribution in [3.05, 3.63) is 57.0 Å². The molecular formula is C14H9BrClNO4. The molecule has 0 unspecified atom stereocenters. The maximum absolute atomic E-state index is 12.1.